The van der Waals surface area contributed by atoms with Gasteiger partial charge in [-0.3, -0.25) is 0 Å². The second-order valence-electron chi connectivity index (χ2n) is 3.96. The smallest absolute Gasteiger partial charge is 0.390 e. The standard InChI is InChI=1S/C11H15F3N2O3S/c12-11(13,14)5-6-16-20(17,18)8-7-19-10-4-2-1-3-9(10)15/h1-4,16H,5-8,15H2. The molecule has 0 bridgehead atoms. The maximum atomic E-state index is 11.9. The molecule has 0 fully saturated rings. The lowest BCUT2D eigenvalue weighted by molar-refractivity contribution is -0.132. The van der Waals surface area contributed by atoms with Crippen LogP contribution in [0.5, 0.6) is 5.75 Å². The number of benzene rings is 1. The minimum atomic E-state index is -4.39. The fraction of sp³-hybridized carbons (Fsp3) is 0.455. The molecule has 0 radical (unpaired) electrons. The number of para-hydroxylation sites is 2. The van der Waals surface area contributed by atoms with Gasteiger partial charge < -0.3 is 10.5 Å². The number of ether oxygens (including phenoxy) is 1. The molecular weight excluding hydrogens is 297 g/mol. The van der Waals surface area contributed by atoms with Crippen molar-refractivity contribution in [3.05, 3.63) is 24.3 Å². The Kier molecular flexibility index (Phi) is 5.63. The van der Waals surface area contributed by atoms with Crippen LogP contribution in [0.2, 0.25) is 0 Å². The van der Waals surface area contributed by atoms with Crippen molar-refractivity contribution in [2.24, 2.45) is 0 Å². The quantitative estimate of drug-likeness (QED) is 0.748. The number of nitrogen functional groups attached to an aromatic ring is 1. The third kappa shape index (κ3) is 6.62. The van der Waals surface area contributed by atoms with Crippen LogP contribution in [0.4, 0.5) is 18.9 Å². The summed E-state index contributed by atoms with van der Waals surface area (Å²) >= 11 is 0. The maximum Gasteiger partial charge on any atom is 0.390 e. The van der Waals surface area contributed by atoms with Gasteiger partial charge in [0.25, 0.3) is 0 Å². The number of nitrogens with two attached hydrogens (primary N) is 1. The maximum absolute atomic E-state index is 11.9. The molecule has 0 unspecified atom stereocenters. The molecule has 114 valence electrons. The lowest BCUT2D eigenvalue weighted by Gasteiger charge is -2.10. The Morgan fingerprint density at radius 2 is 1.90 bits per heavy atom. The number of rotatable bonds is 7. The van der Waals surface area contributed by atoms with Crippen LogP contribution >= 0.6 is 0 Å². The third-order valence-corrected chi connectivity index (χ3v) is 3.61. The molecule has 0 spiro atoms. The molecule has 0 amide bonds. The van der Waals surface area contributed by atoms with E-state index >= 15 is 0 Å². The van der Waals surface area contributed by atoms with Crippen LogP contribution in [0.1, 0.15) is 6.42 Å². The van der Waals surface area contributed by atoms with Gasteiger partial charge in [0.1, 0.15) is 12.4 Å². The fourth-order valence-corrected chi connectivity index (χ4v) is 2.15. The number of sulfonamides is 1. The van der Waals surface area contributed by atoms with E-state index in [4.69, 9.17) is 10.5 Å². The summed E-state index contributed by atoms with van der Waals surface area (Å²) in [5.74, 6) is -0.114. The SMILES string of the molecule is Nc1ccccc1OCCS(=O)(=O)NCCC(F)(F)F. The zero-order chi connectivity index (χ0) is 15.2. The Labute approximate surface area is 115 Å². The Bertz CT molecular complexity index is 532. The largest absolute Gasteiger partial charge is 0.490 e. The summed E-state index contributed by atoms with van der Waals surface area (Å²) in [4.78, 5) is 0. The Balaban J connectivity index is 2.35. The van der Waals surface area contributed by atoms with Gasteiger partial charge in [0.05, 0.1) is 17.9 Å². The van der Waals surface area contributed by atoms with E-state index in [0.717, 1.165) is 0 Å². The van der Waals surface area contributed by atoms with Crippen molar-refractivity contribution in [1.82, 2.24) is 4.72 Å². The summed E-state index contributed by atoms with van der Waals surface area (Å²) in [6, 6.07) is 6.52. The van der Waals surface area contributed by atoms with Gasteiger partial charge in [0.2, 0.25) is 10.0 Å². The van der Waals surface area contributed by atoms with Crippen LogP contribution in [0, 0.1) is 0 Å². The first-order valence-electron chi connectivity index (χ1n) is 5.71. The summed E-state index contributed by atoms with van der Waals surface area (Å²) in [6.07, 6.45) is -5.60. The van der Waals surface area contributed by atoms with Gasteiger partial charge >= 0.3 is 6.18 Å². The number of alkyl halides is 3. The summed E-state index contributed by atoms with van der Waals surface area (Å²) in [6.45, 7) is -0.880. The van der Waals surface area contributed by atoms with E-state index in [1.807, 2.05) is 4.72 Å². The molecule has 0 aromatic heterocycles. The van der Waals surface area contributed by atoms with Gasteiger partial charge in [0, 0.05) is 6.54 Å². The van der Waals surface area contributed by atoms with Gasteiger partial charge in [0.15, 0.2) is 0 Å². The Hall–Kier alpha value is -1.48. The van der Waals surface area contributed by atoms with Crippen LogP contribution in [-0.4, -0.2) is 33.5 Å². The average Bonchev–Trinajstić information content (AvgIpc) is 2.29. The Morgan fingerprint density at radius 3 is 2.50 bits per heavy atom. The highest BCUT2D eigenvalue weighted by Crippen LogP contribution is 2.20. The van der Waals surface area contributed by atoms with Crippen molar-refractivity contribution in [2.45, 2.75) is 12.6 Å². The van der Waals surface area contributed by atoms with Crippen LogP contribution in [0.25, 0.3) is 0 Å². The molecule has 1 aromatic rings. The van der Waals surface area contributed by atoms with Crippen LogP contribution in [0.3, 0.4) is 0 Å². The highest BCUT2D eigenvalue weighted by atomic mass is 32.2. The van der Waals surface area contributed by atoms with Crippen LogP contribution < -0.4 is 15.2 Å². The Morgan fingerprint density at radius 1 is 1.25 bits per heavy atom. The zero-order valence-corrected chi connectivity index (χ0v) is 11.3. The summed E-state index contributed by atoms with van der Waals surface area (Å²) in [5, 5.41) is 0. The van der Waals surface area contributed by atoms with Gasteiger partial charge in [-0.2, -0.15) is 13.2 Å². The topological polar surface area (TPSA) is 81.4 Å². The lowest BCUT2D eigenvalue weighted by Crippen LogP contribution is -2.32. The van der Waals surface area contributed by atoms with E-state index < -0.39 is 34.9 Å². The van der Waals surface area contributed by atoms with E-state index in [-0.39, 0.29) is 6.61 Å². The molecule has 0 heterocycles. The molecule has 0 aliphatic carbocycles. The first-order valence-corrected chi connectivity index (χ1v) is 7.36. The van der Waals surface area contributed by atoms with Crippen LogP contribution in [-0.2, 0) is 10.0 Å². The number of nitrogens with one attached hydrogen (secondary N) is 1. The van der Waals surface area contributed by atoms with Crippen molar-refractivity contribution in [3.63, 3.8) is 0 Å². The van der Waals surface area contributed by atoms with Crippen molar-refractivity contribution in [1.29, 1.82) is 0 Å². The second-order valence-corrected chi connectivity index (χ2v) is 5.89. The molecule has 1 aromatic carbocycles. The molecule has 20 heavy (non-hydrogen) atoms. The first-order chi connectivity index (χ1) is 9.20. The average molecular weight is 312 g/mol. The number of halogens is 3. The molecule has 0 aliphatic rings. The molecule has 1 rings (SSSR count). The predicted molar refractivity (Wildman–Crippen MR) is 68.8 cm³/mol. The number of hydrogen-bond donors (Lipinski definition) is 2. The highest BCUT2D eigenvalue weighted by Gasteiger charge is 2.27. The predicted octanol–water partition coefficient (Wildman–Crippen LogP) is 1.52. The third-order valence-electron chi connectivity index (χ3n) is 2.26. The molecule has 3 N–H and O–H groups in total. The van der Waals surface area contributed by atoms with Gasteiger partial charge in [-0.1, -0.05) is 12.1 Å². The van der Waals surface area contributed by atoms with E-state index in [1.165, 1.54) is 0 Å². The van der Waals surface area contributed by atoms with Crippen molar-refractivity contribution >= 4 is 15.7 Å². The monoisotopic (exact) mass is 312 g/mol. The molecule has 5 nitrogen and oxygen atoms in total. The molecule has 0 saturated carbocycles. The van der Waals surface area contributed by atoms with E-state index in [9.17, 15) is 21.6 Å². The second kappa shape index (κ2) is 6.80. The van der Waals surface area contributed by atoms with E-state index in [2.05, 4.69) is 0 Å². The normalized spacial score (nSPS) is 12.3. The summed E-state index contributed by atoms with van der Waals surface area (Å²) in [7, 11) is -3.80. The minimum Gasteiger partial charge on any atom is -0.490 e. The van der Waals surface area contributed by atoms with Gasteiger partial charge in [-0.25, -0.2) is 13.1 Å². The first kappa shape index (κ1) is 16.6. The fourth-order valence-electron chi connectivity index (χ4n) is 1.29. The molecule has 9 heteroatoms. The number of anilines is 1. The number of hydrogen-bond acceptors (Lipinski definition) is 4. The highest BCUT2D eigenvalue weighted by molar-refractivity contribution is 7.89. The van der Waals surface area contributed by atoms with E-state index in [0.29, 0.717) is 11.4 Å². The molecule has 0 saturated heterocycles. The summed E-state index contributed by atoms with van der Waals surface area (Å²) < 4.78 is 65.4. The van der Waals surface area contributed by atoms with Crippen molar-refractivity contribution in [2.75, 3.05) is 24.6 Å². The van der Waals surface area contributed by atoms with E-state index in [1.54, 1.807) is 24.3 Å². The van der Waals surface area contributed by atoms with Crippen molar-refractivity contribution in [3.8, 4) is 5.75 Å². The van der Waals surface area contributed by atoms with Crippen molar-refractivity contribution < 1.29 is 26.3 Å². The molecular formula is C11H15F3N2O3S. The van der Waals surface area contributed by atoms with Gasteiger partial charge in [-0.15, -0.1) is 0 Å². The molecule has 0 atom stereocenters. The minimum absolute atomic E-state index is 0.199. The molecule has 0 aliphatic heterocycles. The summed E-state index contributed by atoms with van der Waals surface area (Å²) in [5.41, 5.74) is 5.94. The zero-order valence-electron chi connectivity index (χ0n) is 10.5. The van der Waals surface area contributed by atoms with Crippen LogP contribution in [0.15, 0.2) is 24.3 Å². The lowest BCUT2D eigenvalue weighted by atomic mass is 10.3. The van der Waals surface area contributed by atoms with Gasteiger partial charge in [-0.05, 0) is 12.1 Å².